The minimum Gasteiger partial charge on any atom is -0.418 e. The predicted octanol–water partition coefficient (Wildman–Crippen LogP) is -0.615. The van der Waals surface area contributed by atoms with Crippen LogP contribution in [-0.2, 0) is 23.9 Å². The van der Waals surface area contributed by atoms with E-state index in [1.165, 1.54) is 13.8 Å². The number of ether oxygens (including phenoxy) is 2. The van der Waals surface area contributed by atoms with Gasteiger partial charge in [-0.25, -0.2) is 19.1 Å². The molecular weight excluding hydrogens is 254 g/mol. The van der Waals surface area contributed by atoms with E-state index in [9.17, 15) is 9.59 Å². The SMILES string of the molecule is CN(C)C(ON=C1C(=O)OC(C)(C)OC1=O)=[N+](C)C. The Morgan fingerprint density at radius 1 is 1.21 bits per heavy atom. The molecule has 0 spiro atoms. The highest BCUT2D eigenvalue weighted by atomic mass is 16.7. The molecule has 0 N–H and O–H groups in total. The average Bonchev–Trinajstić information content (AvgIpc) is 2.19. The van der Waals surface area contributed by atoms with Crippen molar-refractivity contribution in [2.75, 3.05) is 28.2 Å². The van der Waals surface area contributed by atoms with Gasteiger partial charge in [-0.2, -0.15) is 0 Å². The number of hydrogen-bond acceptors (Lipinski definition) is 6. The fourth-order valence-electron chi connectivity index (χ4n) is 1.37. The third-order valence-corrected chi connectivity index (χ3v) is 2.05. The number of esters is 2. The molecule has 1 heterocycles. The van der Waals surface area contributed by atoms with Gasteiger partial charge in [0.05, 0.1) is 28.2 Å². The quantitative estimate of drug-likeness (QED) is 0.208. The molecule has 1 rings (SSSR count). The maximum Gasteiger partial charge on any atom is 0.471 e. The Morgan fingerprint density at radius 3 is 2.05 bits per heavy atom. The maximum atomic E-state index is 11.6. The van der Waals surface area contributed by atoms with Crippen LogP contribution in [0.3, 0.4) is 0 Å². The van der Waals surface area contributed by atoms with E-state index in [1.807, 2.05) is 0 Å². The maximum absolute atomic E-state index is 11.6. The van der Waals surface area contributed by atoms with Gasteiger partial charge >= 0.3 is 18.0 Å². The van der Waals surface area contributed by atoms with Crippen molar-refractivity contribution in [3.05, 3.63) is 0 Å². The third kappa shape index (κ3) is 3.67. The summed E-state index contributed by atoms with van der Waals surface area (Å²) in [6, 6.07) is 0.345. The van der Waals surface area contributed by atoms with E-state index in [-0.39, 0.29) is 0 Å². The van der Waals surface area contributed by atoms with Crippen molar-refractivity contribution in [1.82, 2.24) is 4.90 Å². The zero-order valence-electron chi connectivity index (χ0n) is 11.9. The molecule has 1 aliphatic heterocycles. The van der Waals surface area contributed by atoms with E-state index in [0.29, 0.717) is 6.02 Å². The van der Waals surface area contributed by atoms with Gasteiger partial charge in [0, 0.05) is 13.8 Å². The Morgan fingerprint density at radius 2 is 1.68 bits per heavy atom. The fourth-order valence-corrected chi connectivity index (χ4v) is 1.37. The van der Waals surface area contributed by atoms with Gasteiger partial charge in [-0.05, 0) is 0 Å². The van der Waals surface area contributed by atoms with Gasteiger partial charge in [-0.15, -0.1) is 0 Å². The van der Waals surface area contributed by atoms with Gasteiger partial charge in [-0.1, -0.05) is 5.16 Å². The summed E-state index contributed by atoms with van der Waals surface area (Å²) in [6.45, 7) is 2.91. The average molecular weight is 272 g/mol. The van der Waals surface area contributed by atoms with Crippen molar-refractivity contribution in [2.24, 2.45) is 5.16 Å². The summed E-state index contributed by atoms with van der Waals surface area (Å²) in [7, 11) is 6.93. The topological polar surface area (TPSA) is 80.4 Å². The lowest BCUT2D eigenvalue weighted by Crippen LogP contribution is -2.47. The molecule has 19 heavy (non-hydrogen) atoms. The molecule has 0 amide bonds. The highest BCUT2D eigenvalue weighted by Gasteiger charge is 2.41. The number of nitrogens with zero attached hydrogens (tertiary/aromatic N) is 3. The van der Waals surface area contributed by atoms with Crippen molar-refractivity contribution in [1.29, 1.82) is 0 Å². The van der Waals surface area contributed by atoms with Crippen LogP contribution in [0.15, 0.2) is 5.16 Å². The monoisotopic (exact) mass is 272 g/mol. The molecule has 0 atom stereocenters. The van der Waals surface area contributed by atoms with Gasteiger partial charge in [0.25, 0.3) is 11.5 Å². The van der Waals surface area contributed by atoms with Crippen LogP contribution in [0.2, 0.25) is 0 Å². The van der Waals surface area contributed by atoms with Crippen molar-refractivity contribution in [2.45, 2.75) is 19.6 Å². The number of carbonyl (C=O) groups is 2. The normalized spacial score (nSPS) is 17.3. The number of carbonyl (C=O) groups excluding carboxylic acids is 2. The molecule has 8 nitrogen and oxygen atoms in total. The van der Waals surface area contributed by atoms with Gasteiger partial charge in [0.15, 0.2) is 0 Å². The molecule has 0 bridgehead atoms. The van der Waals surface area contributed by atoms with Crippen LogP contribution in [-0.4, -0.2) is 67.1 Å². The van der Waals surface area contributed by atoms with Crippen LogP contribution >= 0.6 is 0 Å². The summed E-state index contributed by atoms with van der Waals surface area (Å²) in [5, 5.41) is 3.50. The van der Waals surface area contributed by atoms with Crippen molar-refractivity contribution in [3.63, 3.8) is 0 Å². The lowest BCUT2D eigenvalue weighted by Gasteiger charge is -2.28. The lowest BCUT2D eigenvalue weighted by molar-refractivity contribution is -0.480. The van der Waals surface area contributed by atoms with Gasteiger partial charge in [-0.3, -0.25) is 4.84 Å². The minimum atomic E-state index is -1.29. The molecule has 1 aliphatic rings. The van der Waals surface area contributed by atoms with Crippen LogP contribution in [0, 0.1) is 0 Å². The Balaban J connectivity index is 2.92. The second-order valence-electron chi connectivity index (χ2n) is 4.78. The molecule has 0 aromatic carbocycles. The van der Waals surface area contributed by atoms with Gasteiger partial charge in [0.1, 0.15) is 0 Å². The smallest absolute Gasteiger partial charge is 0.418 e. The van der Waals surface area contributed by atoms with Crippen LogP contribution in [0.5, 0.6) is 0 Å². The number of cyclic esters (lactones) is 2. The molecule has 1 fully saturated rings. The number of rotatable bonds is 1. The molecule has 106 valence electrons. The molecule has 0 unspecified atom stereocenters. The first-order valence-electron chi connectivity index (χ1n) is 5.57. The summed E-state index contributed by atoms with van der Waals surface area (Å²) in [5.74, 6) is -3.04. The molecule has 8 heteroatoms. The standard InChI is InChI=1S/C11H18N3O5/c1-11(2)17-8(15)7(9(16)18-11)12-19-10(13(3)4)14(5)6/h1-6H3/q+1. The molecule has 0 aromatic rings. The first-order valence-corrected chi connectivity index (χ1v) is 5.57. The molecule has 0 aliphatic carbocycles. The molecule has 0 saturated carbocycles. The van der Waals surface area contributed by atoms with E-state index in [2.05, 4.69) is 5.16 Å². The summed E-state index contributed by atoms with van der Waals surface area (Å²) in [5.41, 5.74) is -0.527. The Labute approximate surface area is 111 Å². The first kappa shape index (κ1) is 14.9. The second-order valence-corrected chi connectivity index (χ2v) is 4.78. The first-order chi connectivity index (χ1) is 8.64. The lowest BCUT2D eigenvalue weighted by atomic mass is 10.3. The predicted molar refractivity (Wildman–Crippen MR) is 65.6 cm³/mol. The Bertz CT molecular complexity index is 439. The van der Waals surface area contributed by atoms with E-state index in [4.69, 9.17) is 14.3 Å². The molecule has 1 saturated heterocycles. The summed E-state index contributed by atoms with van der Waals surface area (Å²) >= 11 is 0. The third-order valence-electron chi connectivity index (χ3n) is 2.05. The van der Waals surface area contributed by atoms with Crippen molar-refractivity contribution < 1.29 is 28.5 Å². The van der Waals surface area contributed by atoms with Gasteiger partial charge in [0.2, 0.25) is 0 Å². The summed E-state index contributed by atoms with van der Waals surface area (Å²) in [6.07, 6.45) is 0. The zero-order valence-corrected chi connectivity index (χ0v) is 11.9. The molecule has 0 radical (unpaired) electrons. The fraction of sp³-hybridized carbons (Fsp3) is 0.636. The number of hydrogen-bond donors (Lipinski definition) is 0. The van der Waals surface area contributed by atoms with Crippen molar-refractivity contribution >= 4 is 23.7 Å². The number of oxime groups is 1. The summed E-state index contributed by atoms with van der Waals surface area (Å²) < 4.78 is 11.4. The largest absolute Gasteiger partial charge is 0.471 e. The van der Waals surface area contributed by atoms with E-state index in [1.54, 1.807) is 37.7 Å². The second kappa shape index (κ2) is 5.25. The minimum absolute atomic E-state index is 0.345. The van der Waals surface area contributed by atoms with E-state index >= 15 is 0 Å². The highest BCUT2D eigenvalue weighted by molar-refractivity contribution is 6.63. The number of amidine groups is 1. The zero-order chi connectivity index (χ0) is 14.8. The van der Waals surface area contributed by atoms with Crippen LogP contribution in [0.1, 0.15) is 13.8 Å². The molecule has 0 aromatic heterocycles. The Kier molecular flexibility index (Phi) is 4.13. The van der Waals surface area contributed by atoms with E-state index < -0.39 is 23.4 Å². The van der Waals surface area contributed by atoms with Crippen LogP contribution in [0.25, 0.3) is 0 Å². The summed E-state index contributed by atoms with van der Waals surface area (Å²) in [4.78, 5) is 29.9. The highest BCUT2D eigenvalue weighted by Crippen LogP contribution is 2.17. The van der Waals surface area contributed by atoms with E-state index in [0.717, 1.165) is 0 Å². The van der Waals surface area contributed by atoms with Gasteiger partial charge < -0.3 is 9.47 Å². The van der Waals surface area contributed by atoms with Crippen LogP contribution < -0.4 is 0 Å². The molecular formula is C11H18N3O5+. The van der Waals surface area contributed by atoms with Crippen molar-refractivity contribution in [3.8, 4) is 0 Å². The Hall–Kier alpha value is -2.12. The van der Waals surface area contributed by atoms with Crippen LogP contribution in [0.4, 0.5) is 0 Å².